The molecule has 0 spiro atoms. The van der Waals surface area contributed by atoms with E-state index >= 15 is 0 Å². The number of ether oxygens (including phenoxy) is 1. The maximum Gasteiger partial charge on any atom is 0.226 e. The lowest BCUT2D eigenvalue weighted by atomic mass is 9.97. The maximum absolute atomic E-state index is 13.4. The van der Waals surface area contributed by atoms with Crippen molar-refractivity contribution in [3.8, 4) is 0 Å². The molecular weight excluding hydrogens is 338 g/mol. The van der Waals surface area contributed by atoms with Crippen LogP contribution in [-0.4, -0.2) is 61.1 Å². The van der Waals surface area contributed by atoms with Crippen molar-refractivity contribution in [3.05, 3.63) is 29.3 Å². The second-order valence-corrected chi connectivity index (χ2v) is 8.48. The fourth-order valence-corrected chi connectivity index (χ4v) is 5.03. The minimum atomic E-state index is 0.118. The molecule has 2 fully saturated rings. The van der Waals surface area contributed by atoms with Crippen molar-refractivity contribution in [2.24, 2.45) is 5.92 Å². The summed E-state index contributed by atoms with van der Waals surface area (Å²) in [5, 5.41) is 3.69. The number of anilines is 1. The monoisotopic (exact) mass is 371 g/mol. The molecule has 1 amide bonds. The second kappa shape index (κ2) is 8.19. The number of para-hydroxylation sites is 1. The van der Waals surface area contributed by atoms with Gasteiger partial charge in [-0.1, -0.05) is 18.2 Å². The van der Waals surface area contributed by atoms with Crippen LogP contribution in [0.25, 0.3) is 0 Å². The zero-order chi connectivity index (χ0) is 18.8. The van der Waals surface area contributed by atoms with Crippen molar-refractivity contribution in [2.45, 2.75) is 57.7 Å². The molecule has 1 aromatic rings. The van der Waals surface area contributed by atoms with Gasteiger partial charge in [0.1, 0.15) is 0 Å². The summed E-state index contributed by atoms with van der Waals surface area (Å²) in [6.45, 7) is 6.13. The molecule has 1 N–H and O–H groups in total. The topological polar surface area (TPSA) is 44.8 Å². The highest BCUT2D eigenvalue weighted by Crippen LogP contribution is 2.30. The van der Waals surface area contributed by atoms with Gasteiger partial charge in [0.2, 0.25) is 5.91 Å². The Kier molecular flexibility index (Phi) is 5.69. The minimum Gasteiger partial charge on any atom is -0.384 e. The largest absolute Gasteiger partial charge is 0.384 e. The number of nitrogens with one attached hydrogen (secondary N) is 1. The second-order valence-electron chi connectivity index (χ2n) is 8.48. The van der Waals surface area contributed by atoms with E-state index in [1.165, 1.54) is 29.7 Å². The van der Waals surface area contributed by atoms with Crippen LogP contribution in [0.3, 0.4) is 0 Å². The predicted molar refractivity (Wildman–Crippen MR) is 108 cm³/mol. The van der Waals surface area contributed by atoms with Crippen molar-refractivity contribution in [3.63, 3.8) is 0 Å². The van der Waals surface area contributed by atoms with Crippen LogP contribution in [0.1, 0.15) is 43.2 Å². The molecular formula is C22H33N3O2. The molecule has 1 aromatic carbocycles. The fourth-order valence-electron chi connectivity index (χ4n) is 5.03. The van der Waals surface area contributed by atoms with Crippen LogP contribution in [0.2, 0.25) is 0 Å². The Morgan fingerprint density at radius 1 is 1.11 bits per heavy atom. The molecule has 2 saturated heterocycles. The van der Waals surface area contributed by atoms with Gasteiger partial charge in [0, 0.05) is 56.5 Å². The van der Waals surface area contributed by atoms with E-state index in [0.29, 0.717) is 37.7 Å². The fraction of sp³-hybridized carbons (Fsp3) is 0.682. The highest BCUT2D eigenvalue weighted by atomic mass is 16.5. The van der Waals surface area contributed by atoms with Gasteiger partial charge in [-0.2, -0.15) is 0 Å². The Balaban J connectivity index is 1.63. The number of hydrogen-bond donors (Lipinski definition) is 1. The van der Waals surface area contributed by atoms with E-state index < -0.39 is 0 Å². The highest BCUT2D eigenvalue weighted by molar-refractivity contribution is 5.79. The normalized spacial score (nSPS) is 27.6. The van der Waals surface area contributed by atoms with Gasteiger partial charge in [0.05, 0.1) is 0 Å². The van der Waals surface area contributed by atoms with E-state index in [-0.39, 0.29) is 5.92 Å². The first-order valence-corrected chi connectivity index (χ1v) is 10.5. The van der Waals surface area contributed by atoms with Gasteiger partial charge in [-0.05, 0) is 57.2 Å². The minimum absolute atomic E-state index is 0.118. The first-order valence-electron chi connectivity index (χ1n) is 10.5. The molecule has 0 saturated carbocycles. The smallest absolute Gasteiger partial charge is 0.226 e. The lowest BCUT2D eigenvalue weighted by Gasteiger charge is -2.34. The number of nitrogens with zero attached hydrogens (tertiary/aromatic N) is 2. The number of carbonyl (C=O) groups excluding carboxylic acids is 1. The molecule has 4 rings (SSSR count). The molecule has 0 radical (unpaired) electrons. The van der Waals surface area contributed by atoms with Gasteiger partial charge in [-0.3, -0.25) is 9.69 Å². The van der Waals surface area contributed by atoms with Crippen molar-refractivity contribution < 1.29 is 9.53 Å². The van der Waals surface area contributed by atoms with Gasteiger partial charge >= 0.3 is 0 Å². The van der Waals surface area contributed by atoms with Crippen LogP contribution in [0.15, 0.2) is 18.2 Å². The summed E-state index contributed by atoms with van der Waals surface area (Å²) in [5.41, 5.74) is 3.74. The SMILES string of the molecule is Cc1cccc2c1NCCC1CCC(CN(C(=O)C3CCOCC3)C2)N1C. The number of likely N-dealkylation sites (N-methyl/N-ethyl adjacent to an activating group) is 1. The Morgan fingerprint density at radius 2 is 1.89 bits per heavy atom. The quantitative estimate of drug-likeness (QED) is 0.824. The molecule has 0 aliphatic carbocycles. The zero-order valence-corrected chi connectivity index (χ0v) is 16.7. The molecule has 5 nitrogen and oxygen atoms in total. The van der Waals surface area contributed by atoms with Gasteiger partial charge in [-0.15, -0.1) is 0 Å². The van der Waals surface area contributed by atoms with Crippen molar-refractivity contribution >= 4 is 11.6 Å². The van der Waals surface area contributed by atoms with Crippen LogP contribution < -0.4 is 5.32 Å². The van der Waals surface area contributed by atoms with Crippen molar-refractivity contribution in [1.82, 2.24) is 9.80 Å². The van der Waals surface area contributed by atoms with E-state index in [1.54, 1.807) is 0 Å². The summed E-state index contributed by atoms with van der Waals surface area (Å²) in [7, 11) is 2.25. The van der Waals surface area contributed by atoms with Gasteiger partial charge in [-0.25, -0.2) is 0 Å². The molecule has 3 aliphatic rings. The zero-order valence-electron chi connectivity index (χ0n) is 16.7. The van der Waals surface area contributed by atoms with Crippen LogP contribution in [0.4, 0.5) is 5.69 Å². The average Bonchev–Trinajstić information content (AvgIpc) is 3.01. The van der Waals surface area contributed by atoms with Gasteiger partial charge in [0.15, 0.2) is 0 Å². The first kappa shape index (κ1) is 18.8. The van der Waals surface area contributed by atoms with Crippen molar-refractivity contribution in [1.29, 1.82) is 0 Å². The summed E-state index contributed by atoms with van der Waals surface area (Å²) in [4.78, 5) is 18.1. The summed E-state index contributed by atoms with van der Waals surface area (Å²) in [6, 6.07) is 7.55. The molecule has 2 bridgehead atoms. The summed E-state index contributed by atoms with van der Waals surface area (Å²) < 4.78 is 5.48. The van der Waals surface area contributed by atoms with E-state index in [0.717, 1.165) is 32.4 Å². The number of rotatable bonds is 1. The molecule has 5 heteroatoms. The molecule has 0 aromatic heterocycles. The number of carbonyl (C=O) groups is 1. The molecule has 27 heavy (non-hydrogen) atoms. The third-order valence-corrected chi connectivity index (χ3v) is 6.80. The van der Waals surface area contributed by atoms with E-state index in [9.17, 15) is 4.79 Å². The van der Waals surface area contributed by atoms with Crippen LogP contribution in [0, 0.1) is 12.8 Å². The van der Waals surface area contributed by atoms with E-state index in [1.807, 2.05) is 0 Å². The average molecular weight is 372 g/mol. The van der Waals surface area contributed by atoms with Gasteiger partial charge < -0.3 is 15.0 Å². The number of benzene rings is 1. The number of fused-ring (bicyclic) bond motifs is 3. The third-order valence-electron chi connectivity index (χ3n) is 6.80. The standard InChI is InChI=1S/C22H33N3O2/c1-16-4-3-5-18-14-25(22(26)17-9-12-27-13-10-17)15-20-7-6-19(24(20)2)8-11-23-21(16)18/h3-5,17,19-20,23H,6-15H2,1-2H3. The van der Waals surface area contributed by atoms with Crippen LogP contribution >= 0.6 is 0 Å². The maximum atomic E-state index is 13.4. The third kappa shape index (κ3) is 3.99. The Bertz CT molecular complexity index is 672. The van der Waals surface area contributed by atoms with E-state index in [2.05, 4.69) is 47.3 Å². The predicted octanol–water partition coefficient (Wildman–Crippen LogP) is 3.03. The Hall–Kier alpha value is -1.59. The highest BCUT2D eigenvalue weighted by Gasteiger charge is 2.35. The van der Waals surface area contributed by atoms with Crippen LogP contribution in [-0.2, 0) is 16.1 Å². The molecule has 148 valence electrons. The number of hydrogen-bond acceptors (Lipinski definition) is 4. The van der Waals surface area contributed by atoms with Gasteiger partial charge in [0.25, 0.3) is 0 Å². The Labute approximate surface area is 163 Å². The molecule has 2 unspecified atom stereocenters. The summed E-state index contributed by atoms with van der Waals surface area (Å²) in [6.07, 6.45) is 5.31. The van der Waals surface area contributed by atoms with Crippen LogP contribution in [0.5, 0.6) is 0 Å². The Morgan fingerprint density at radius 3 is 2.70 bits per heavy atom. The van der Waals surface area contributed by atoms with Crippen molar-refractivity contribution in [2.75, 3.05) is 38.7 Å². The molecule has 3 heterocycles. The first-order chi connectivity index (χ1) is 13.1. The summed E-state index contributed by atoms with van der Waals surface area (Å²) in [5.74, 6) is 0.439. The molecule has 2 atom stereocenters. The lowest BCUT2D eigenvalue weighted by Crippen LogP contribution is -2.46. The molecule has 3 aliphatic heterocycles. The summed E-state index contributed by atoms with van der Waals surface area (Å²) >= 11 is 0. The number of aryl methyl sites for hydroxylation is 1. The number of amides is 1. The lowest BCUT2D eigenvalue weighted by molar-refractivity contribution is -0.140. The van der Waals surface area contributed by atoms with E-state index in [4.69, 9.17) is 4.74 Å².